The molecule has 3 aliphatic rings. The van der Waals surface area contributed by atoms with E-state index in [1.165, 1.54) is 57.5 Å². The molecule has 300 valence electrons. The second kappa shape index (κ2) is 27.5. The van der Waals surface area contributed by atoms with Crippen LogP contribution in [0.2, 0.25) is 0 Å². The van der Waals surface area contributed by atoms with Crippen LogP contribution in [0.1, 0.15) is 98.7 Å². The van der Waals surface area contributed by atoms with Crippen LogP contribution < -0.4 is 4.57 Å². The standard InChI is InChI=1S/C17H25NO5.C17H24NO5.CH4.2Na.O4S2/c2*1-5-14-11(3)15(22-12(4)19)16(23-14)18-9-7-8-13(10-18)17(20)21-6-2;;;;1-5(2)6(3)4/h7,9-11,14-16H,5-6,8H2,1-4H3;7-11,14-16H,5-6H2,1-4H3;1H4;;;/q;+1;;;;/t2*11-,14+,15?,16+;;;;/m00..../s1. The van der Waals surface area contributed by atoms with Crippen LogP contribution in [0.5, 0.6) is 0 Å². The third-order valence-electron chi connectivity index (χ3n) is 8.30. The predicted molar refractivity (Wildman–Crippen MR) is 202 cm³/mol. The number of aromatic nitrogens is 1. The summed E-state index contributed by atoms with van der Waals surface area (Å²) in [6.45, 7) is 15.1. The Hall–Kier alpha value is -2.13. The van der Waals surface area contributed by atoms with Crippen LogP contribution in [0.25, 0.3) is 0 Å². The fourth-order valence-corrected chi connectivity index (χ4v) is 5.92. The first-order valence-corrected chi connectivity index (χ1v) is 28.6. The minimum absolute atomic E-state index is 0. The van der Waals surface area contributed by atoms with Crippen molar-refractivity contribution in [3.63, 3.8) is 0 Å². The molecule has 8 atom stereocenters. The molecule has 0 amide bonds. The van der Waals surface area contributed by atoms with Crippen molar-refractivity contribution in [2.75, 3.05) is 13.2 Å². The van der Waals surface area contributed by atoms with E-state index < -0.39 is 31.0 Å². The minimum atomic E-state index is -2.95. The number of hydrogen-bond acceptors (Lipinski definition) is 15. The Morgan fingerprint density at radius 1 is 0.836 bits per heavy atom. The number of hydrogen-bond donors (Lipinski definition) is 0. The van der Waals surface area contributed by atoms with E-state index in [4.69, 9.17) is 45.3 Å². The van der Waals surface area contributed by atoms with Crippen LogP contribution in [0.4, 0.5) is 0 Å². The Labute approximate surface area is 355 Å². The molecular weight excluding hydrogens is 782 g/mol. The van der Waals surface area contributed by atoms with Crippen LogP contribution >= 0.6 is 0 Å². The predicted octanol–water partition coefficient (Wildman–Crippen LogP) is 2.92. The van der Waals surface area contributed by atoms with Gasteiger partial charge >= 0.3 is 92.2 Å². The molecule has 2 unspecified atom stereocenters. The number of nitrogens with zero attached hydrogens (tertiary/aromatic N) is 2. The van der Waals surface area contributed by atoms with E-state index in [0.29, 0.717) is 30.8 Å². The van der Waals surface area contributed by atoms with Gasteiger partial charge in [0.05, 0.1) is 31.0 Å². The van der Waals surface area contributed by atoms with Gasteiger partial charge in [0.2, 0.25) is 0 Å². The van der Waals surface area contributed by atoms with Gasteiger partial charge in [-0.2, -0.15) is 21.4 Å². The SMILES string of the molecule is C.CCOC(=O)C1=CN([C@@H]2O[C@H](CC)[C@H](C)C2OC(C)=O)C=CC1.CCOC(=O)c1ccc[n+]([C@@H]2O[C@H](CC)[C@H](C)C2OC(C)=O)c1.O=S(=O)=S(=O)=O.[Na][Na]. The number of carbonyl (C=O) groups is 4. The van der Waals surface area contributed by atoms with Gasteiger partial charge in [-0.15, -0.1) is 0 Å². The van der Waals surface area contributed by atoms with Crippen molar-refractivity contribution in [2.45, 2.75) is 119 Å². The summed E-state index contributed by atoms with van der Waals surface area (Å²) in [6.07, 6.45) is 9.49. The molecule has 1 aromatic rings. The summed E-state index contributed by atoms with van der Waals surface area (Å²) in [5.74, 6) is -1.22. The number of carbonyl (C=O) groups excluding carboxylic acids is 4. The van der Waals surface area contributed by atoms with E-state index in [2.05, 4.69) is 0 Å². The Morgan fingerprint density at radius 2 is 1.35 bits per heavy atom. The quantitative estimate of drug-likeness (QED) is 0.144. The van der Waals surface area contributed by atoms with Crippen LogP contribution in [-0.4, -0.2) is 133 Å². The molecule has 4 heterocycles. The molecule has 0 bridgehead atoms. The molecule has 2 fully saturated rings. The van der Waals surface area contributed by atoms with Gasteiger partial charge in [-0.05, 0) is 32.8 Å². The number of ether oxygens (including phenoxy) is 6. The summed E-state index contributed by atoms with van der Waals surface area (Å²) in [6, 6.07) is 3.44. The van der Waals surface area contributed by atoms with Crippen molar-refractivity contribution in [1.29, 1.82) is 0 Å². The summed E-state index contributed by atoms with van der Waals surface area (Å²) in [5, 5.41) is 0. The zero-order chi connectivity index (χ0) is 41.1. The Bertz CT molecular complexity index is 1700. The Balaban J connectivity index is 0.000000875. The molecule has 0 N–H and O–H groups in total. The monoisotopic (exact) mass is 835 g/mol. The van der Waals surface area contributed by atoms with Gasteiger partial charge in [0, 0.05) is 50.6 Å². The molecule has 2 saturated heterocycles. The maximum atomic E-state index is 11.9. The molecule has 20 heteroatoms. The fraction of sp³-hybridized carbons (Fsp3) is 0.629. The first-order valence-electron chi connectivity index (χ1n) is 17.9. The molecule has 0 spiro atoms. The third kappa shape index (κ3) is 16.7. The second-order valence-corrected chi connectivity index (χ2v) is 14.3. The van der Waals surface area contributed by atoms with Gasteiger partial charge in [-0.1, -0.05) is 41.2 Å². The van der Waals surface area contributed by atoms with E-state index in [9.17, 15) is 19.2 Å². The summed E-state index contributed by atoms with van der Waals surface area (Å²) >= 11 is 2.89. The van der Waals surface area contributed by atoms with E-state index in [1.54, 1.807) is 54.0 Å². The normalized spacial score (nSPS) is 24.7. The van der Waals surface area contributed by atoms with Gasteiger partial charge in [0.25, 0.3) is 0 Å². The zero-order valence-corrected chi connectivity index (χ0v) is 38.3. The molecular formula is C35H53N2Na2O14S2+. The van der Waals surface area contributed by atoms with Crippen LogP contribution in [-0.2, 0) is 61.3 Å². The molecule has 0 aliphatic carbocycles. The zero-order valence-electron chi connectivity index (χ0n) is 32.6. The number of esters is 4. The van der Waals surface area contributed by atoms with Crippen molar-refractivity contribution >= 4 is 86.0 Å². The molecule has 55 heavy (non-hydrogen) atoms. The molecule has 0 radical (unpaired) electrons. The van der Waals surface area contributed by atoms with Crippen molar-refractivity contribution < 1.29 is 69.0 Å². The molecule has 0 saturated carbocycles. The molecule has 1 aromatic heterocycles. The first kappa shape index (κ1) is 52.9. The van der Waals surface area contributed by atoms with Gasteiger partial charge in [0.1, 0.15) is 5.56 Å². The van der Waals surface area contributed by atoms with Crippen LogP contribution in [0, 0.1) is 11.8 Å². The molecule has 0 aromatic carbocycles. The van der Waals surface area contributed by atoms with Gasteiger partial charge in [0.15, 0.2) is 30.8 Å². The topological polar surface area (TPSA) is 199 Å². The van der Waals surface area contributed by atoms with Crippen LogP contribution in [0.15, 0.2) is 48.6 Å². The number of allylic oxidation sites excluding steroid dienone is 1. The third-order valence-corrected chi connectivity index (χ3v) is 9.19. The number of rotatable bonds is 10. The Kier molecular flexibility index (Phi) is 26.4. The summed E-state index contributed by atoms with van der Waals surface area (Å²) in [4.78, 5) is 48.5. The van der Waals surface area contributed by atoms with Gasteiger partial charge < -0.3 is 33.3 Å². The summed E-state index contributed by atoms with van der Waals surface area (Å²) in [7, 11) is -5.90. The average molecular weight is 836 g/mol. The summed E-state index contributed by atoms with van der Waals surface area (Å²) < 4.78 is 71.3. The van der Waals surface area contributed by atoms with E-state index >= 15 is 0 Å². The second-order valence-electron chi connectivity index (χ2n) is 11.9. The van der Waals surface area contributed by atoms with Crippen molar-refractivity contribution in [3.05, 3.63) is 54.1 Å². The Morgan fingerprint density at radius 3 is 1.85 bits per heavy atom. The van der Waals surface area contributed by atoms with Crippen molar-refractivity contribution in [3.8, 4) is 0 Å². The maximum absolute atomic E-state index is 11.9. The van der Waals surface area contributed by atoms with Crippen LogP contribution in [0.3, 0.4) is 0 Å². The van der Waals surface area contributed by atoms with Crippen molar-refractivity contribution in [2.24, 2.45) is 11.8 Å². The van der Waals surface area contributed by atoms with E-state index in [1.807, 2.05) is 40.0 Å². The summed E-state index contributed by atoms with van der Waals surface area (Å²) in [5.41, 5.74) is 0.999. The van der Waals surface area contributed by atoms with E-state index in [-0.39, 0.29) is 67.6 Å². The van der Waals surface area contributed by atoms with Gasteiger partial charge in [-0.25, -0.2) is 9.59 Å². The fourth-order valence-electron chi connectivity index (χ4n) is 5.92. The molecule has 3 aliphatic heterocycles. The van der Waals surface area contributed by atoms with Gasteiger partial charge in [-0.3, -0.25) is 9.59 Å². The van der Waals surface area contributed by atoms with Crippen molar-refractivity contribution in [1.82, 2.24) is 4.90 Å². The molecule has 16 nitrogen and oxygen atoms in total. The first-order chi connectivity index (χ1) is 25.6. The molecule has 4 rings (SSSR count). The average Bonchev–Trinajstić information content (AvgIpc) is 3.63. The van der Waals surface area contributed by atoms with E-state index in [0.717, 1.165) is 12.8 Å². The number of pyridine rings is 1.